The number of fused-ring (bicyclic) bond motifs is 1. The predicted octanol–water partition coefficient (Wildman–Crippen LogP) is 2.32. The maximum absolute atomic E-state index is 4.80. The fourth-order valence-corrected chi connectivity index (χ4v) is 2.75. The lowest BCUT2D eigenvalue weighted by molar-refractivity contribution is 0.448. The van der Waals surface area contributed by atoms with E-state index in [-0.39, 0.29) is 0 Å². The van der Waals surface area contributed by atoms with E-state index in [9.17, 15) is 0 Å². The van der Waals surface area contributed by atoms with Crippen LogP contribution in [0.25, 0.3) is 22.4 Å². The molecule has 100 valence electrons. The summed E-state index contributed by atoms with van der Waals surface area (Å²) >= 11 is 0. The molecular weight excluding hydrogens is 248 g/mol. The maximum Gasteiger partial charge on any atom is 0.140 e. The summed E-state index contributed by atoms with van der Waals surface area (Å²) in [5.41, 5.74) is 4.73. The zero-order valence-corrected chi connectivity index (χ0v) is 11.4. The van der Waals surface area contributed by atoms with Crippen molar-refractivity contribution in [3.05, 3.63) is 48.3 Å². The van der Waals surface area contributed by atoms with Gasteiger partial charge in [-0.25, -0.2) is 4.98 Å². The van der Waals surface area contributed by atoms with E-state index in [2.05, 4.69) is 40.1 Å². The summed E-state index contributed by atoms with van der Waals surface area (Å²) in [7, 11) is 2.07. The number of aryl methyl sites for hydroxylation is 1. The molecule has 0 bridgehead atoms. The minimum atomic E-state index is 0.644. The van der Waals surface area contributed by atoms with Crippen LogP contribution in [0.3, 0.4) is 0 Å². The molecule has 1 aliphatic heterocycles. The van der Waals surface area contributed by atoms with E-state index < -0.39 is 0 Å². The summed E-state index contributed by atoms with van der Waals surface area (Å²) in [5, 5.41) is 3.32. The summed E-state index contributed by atoms with van der Waals surface area (Å²) in [6, 6.07) is 10.6. The highest BCUT2D eigenvalue weighted by Crippen LogP contribution is 2.27. The van der Waals surface area contributed by atoms with E-state index in [0.717, 1.165) is 30.0 Å². The van der Waals surface area contributed by atoms with Gasteiger partial charge in [0.05, 0.1) is 11.0 Å². The molecule has 20 heavy (non-hydrogen) atoms. The Morgan fingerprint density at radius 2 is 1.95 bits per heavy atom. The van der Waals surface area contributed by atoms with Crippen molar-refractivity contribution in [3.63, 3.8) is 0 Å². The molecule has 3 heterocycles. The van der Waals surface area contributed by atoms with Crippen LogP contribution in [0.1, 0.15) is 11.5 Å². The minimum Gasteiger partial charge on any atom is -0.327 e. The predicted molar refractivity (Wildman–Crippen MR) is 79.6 cm³/mol. The fraction of sp³-hybridized carbons (Fsp3) is 0.250. The maximum atomic E-state index is 4.80. The molecule has 0 amide bonds. The molecular formula is C16H16N4. The Balaban J connectivity index is 1.85. The van der Waals surface area contributed by atoms with E-state index in [0.29, 0.717) is 5.92 Å². The average Bonchev–Trinajstić information content (AvgIpc) is 2.75. The molecule has 1 aromatic carbocycles. The number of hydrogen-bond donors (Lipinski definition) is 1. The summed E-state index contributed by atoms with van der Waals surface area (Å²) < 4.78 is 2.15. The first kappa shape index (κ1) is 11.6. The molecule has 4 heteroatoms. The Hall–Kier alpha value is -2.20. The number of nitrogens with one attached hydrogen (secondary N) is 1. The van der Waals surface area contributed by atoms with E-state index in [1.807, 2.05) is 12.1 Å². The fourth-order valence-electron chi connectivity index (χ4n) is 2.75. The first-order chi connectivity index (χ1) is 9.83. The molecule has 0 spiro atoms. The minimum absolute atomic E-state index is 0.644. The Morgan fingerprint density at radius 1 is 1.15 bits per heavy atom. The third-order valence-electron chi connectivity index (χ3n) is 4.10. The largest absolute Gasteiger partial charge is 0.327 e. The molecule has 1 aliphatic rings. The highest BCUT2D eigenvalue weighted by Gasteiger charge is 2.20. The van der Waals surface area contributed by atoms with Crippen LogP contribution in [0.4, 0.5) is 0 Å². The Bertz CT molecular complexity index is 757. The van der Waals surface area contributed by atoms with Gasteiger partial charge in [0.15, 0.2) is 0 Å². The van der Waals surface area contributed by atoms with E-state index in [1.165, 1.54) is 11.1 Å². The number of benzene rings is 1. The summed E-state index contributed by atoms with van der Waals surface area (Å²) in [5.74, 6) is 1.64. The molecule has 2 aromatic heterocycles. The SMILES string of the molecule is Cn1c(-c2ccncc2)nc2cc(C3CNC3)ccc21. The molecule has 0 saturated carbocycles. The number of nitrogens with zero attached hydrogens (tertiary/aromatic N) is 3. The lowest BCUT2D eigenvalue weighted by Crippen LogP contribution is -2.39. The lowest BCUT2D eigenvalue weighted by Gasteiger charge is -2.27. The molecule has 1 fully saturated rings. The summed E-state index contributed by atoms with van der Waals surface area (Å²) in [6.45, 7) is 2.16. The van der Waals surface area contributed by atoms with Crippen LogP contribution in [0, 0.1) is 0 Å². The van der Waals surface area contributed by atoms with E-state index in [1.54, 1.807) is 12.4 Å². The third kappa shape index (κ3) is 1.72. The monoisotopic (exact) mass is 264 g/mol. The van der Waals surface area contributed by atoms with Gasteiger partial charge in [0.2, 0.25) is 0 Å². The van der Waals surface area contributed by atoms with Gasteiger partial charge in [-0.3, -0.25) is 4.98 Å². The zero-order chi connectivity index (χ0) is 13.5. The van der Waals surface area contributed by atoms with Crippen molar-refractivity contribution >= 4 is 11.0 Å². The molecule has 1 N–H and O–H groups in total. The first-order valence-electron chi connectivity index (χ1n) is 6.90. The number of aromatic nitrogens is 3. The normalized spacial score (nSPS) is 15.4. The van der Waals surface area contributed by atoms with Crippen LogP contribution in [-0.2, 0) is 7.05 Å². The number of pyridine rings is 1. The first-order valence-corrected chi connectivity index (χ1v) is 6.90. The quantitative estimate of drug-likeness (QED) is 0.772. The van der Waals surface area contributed by atoms with Crippen molar-refractivity contribution < 1.29 is 0 Å². The molecule has 0 atom stereocenters. The topological polar surface area (TPSA) is 42.7 Å². The van der Waals surface area contributed by atoms with Crippen LogP contribution < -0.4 is 5.32 Å². The van der Waals surface area contributed by atoms with Crippen molar-refractivity contribution in [2.24, 2.45) is 7.05 Å². The molecule has 0 radical (unpaired) electrons. The van der Waals surface area contributed by atoms with E-state index in [4.69, 9.17) is 4.98 Å². The Labute approximate surface area is 117 Å². The van der Waals surface area contributed by atoms with Gasteiger partial charge in [0.25, 0.3) is 0 Å². The van der Waals surface area contributed by atoms with Gasteiger partial charge in [-0.15, -0.1) is 0 Å². The lowest BCUT2D eigenvalue weighted by atomic mass is 9.93. The summed E-state index contributed by atoms with van der Waals surface area (Å²) in [6.07, 6.45) is 3.61. The van der Waals surface area contributed by atoms with Gasteiger partial charge in [0, 0.05) is 44.0 Å². The smallest absolute Gasteiger partial charge is 0.140 e. The van der Waals surface area contributed by atoms with Gasteiger partial charge >= 0.3 is 0 Å². The highest BCUT2D eigenvalue weighted by atomic mass is 15.1. The standard InChI is InChI=1S/C16H16N4/c1-20-15-3-2-12(13-9-18-10-13)8-14(15)19-16(20)11-4-6-17-7-5-11/h2-8,13,18H,9-10H2,1H3. The van der Waals surface area contributed by atoms with Crippen molar-refractivity contribution in [1.82, 2.24) is 19.9 Å². The molecule has 4 rings (SSSR count). The molecule has 1 saturated heterocycles. The molecule has 0 unspecified atom stereocenters. The number of hydrogen-bond acceptors (Lipinski definition) is 3. The second-order valence-electron chi connectivity index (χ2n) is 5.33. The van der Waals surface area contributed by atoms with Gasteiger partial charge in [-0.2, -0.15) is 0 Å². The van der Waals surface area contributed by atoms with Crippen molar-refractivity contribution in [3.8, 4) is 11.4 Å². The van der Waals surface area contributed by atoms with Crippen LogP contribution in [0.15, 0.2) is 42.7 Å². The van der Waals surface area contributed by atoms with Crippen LogP contribution >= 0.6 is 0 Å². The number of rotatable bonds is 2. The van der Waals surface area contributed by atoms with Crippen LogP contribution in [0.2, 0.25) is 0 Å². The second-order valence-corrected chi connectivity index (χ2v) is 5.33. The van der Waals surface area contributed by atoms with Gasteiger partial charge in [0.1, 0.15) is 5.82 Å². The van der Waals surface area contributed by atoms with Crippen molar-refractivity contribution in [2.75, 3.05) is 13.1 Å². The molecule has 4 nitrogen and oxygen atoms in total. The number of imidazole rings is 1. The van der Waals surface area contributed by atoms with Gasteiger partial charge < -0.3 is 9.88 Å². The van der Waals surface area contributed by atoms with Gasteiger partial charge in [-0.05, 0) is 29.8 Å². The zero-order valence-electron chi connectivity index (χ0n) is 11.4. The van der Waals surface area contributed by atoms with Crippen LogP contribution in [0.5, 0.6) is 0 Å². The Morgan fingerprint density at radius 3 is 2.65 bits per heavy atom. The molecule has 0 aliphatic carbocycles. The van der Waals surface area contributed by atoms with Crippen LogP contribution in [-0.4, -0.2) is 27.6 Å². The van der Waals surface area contributed by atoms with Crippen molar-refractivity contribution in [1.29, 1.82) is 0 Å². The second kappa shape index (κ2) is 4.42. The third-order valence-corrected chi connectivity index (χ3v) is 4.10. The molecule has 3 aromatic rings. The average molecular weight is 264 g/mol. The van der Waals surface area contributed by atoms with Crippen molar-refractivity contribution in [2.45, 2.75) is 5.92 Å². The Kier molecular flexibility index (Phi) is 2.57. The van der Waals surface area contributed by atoms with Gasteiger partial charge in [-0.1, -0.05) is 6.07 Å². The summed E-state index contributed by atoms with van der Waals surface area (Å²) in [4.78, 5) is 8.87. The highest BCUT2D eigenvalue weighted by molar-refractivity contribution is 5.81. The van der Waals surface area contributed by atoms with E-state index >= 15 is 0 Å².